The molecule has 5 heteroatoms. The first-order valence-electron chi connectivity index (χ1n) is 5.45. The number of rotatable bonds is 1. The summed E-state index contributed by atoms with van der Waals surface area (Å²) < 4.78 is 0. The van der Waals surface area contributed by atoms with E-state index in [1.54, 1.807) is 45.9 Å². The Hall–Kier alpha value is -0.386. The number of hydrogen-bond donors (Lipinski definition) is 0. The molecule has 1 rings (SSSR count). The smallest absolute Gasteiger partial charge is 0.872 e. The maximum Gasteiger partial charge on any atom is 4.00 e. The molecule has 100 valence electrons. The van der Waals surface area contributed by atoms with Gasteiger partial charge in [0.1, 0.15) is 0 Å². The van der Waals surface area contributed by atoms with Crippen molar-refractivity contribution >= 4 is 0 Å². The number of benzene rings is 1. The Kier molecular flexibility index (Phi) is 18.6. The second kappa shape index (κ2) is 14.7. The Morgan fingerprint density at radius 3 is 1.50 bits per heavy atom. The third kappa shape index (κ3) is 21.0. The fourth-order valence-corrected chi connectivity index (χ4v) is 0.623. The van der Waals surface area contributed by atoms with Gasteiger partial charge in [0.2, 0.25) is 0 Å². The van der Waals surface area contributed by atoms with Crippen LogP contribution in [0.5, 0.6) is 5.75 Å². The summed E-state index contributed by atoms with van der Waals surface area (Å²) in [6, 6.07) is 6.26. The summed E-state index contributed by atoms with van der Waals surface area (Å²) in [5.74, 6) is -0.160. The van der Waals surface area contributed by atoms with E-state index in [4.69, 9.17) is 0 Å². The van der Waals surface area contributed by atoms with Gasteiger partial charge in [0.15, 0.2) is 0 Å². The summed E-state index contributed by atoms with van der Waals surface area (Å²) in [5.41, 5.74) is 0.345. The molecule has 0 aliphatic carbocycles. The van der Waals surface area contributed by atoms with Crippen LogP contribution in [0.4, 0.5) is 0 Å². The Bertz CT molecular complexity index is 266. The van der Waals surface area contributed by atoms with Crippen molar-refractivity contribution in [1.29, 1.82) is 0 Å². The molecule has 0 spiro atoms. The van der Waals surface area contributed by atoms with Crippen molar-refractivity contribution in [3.63, 3.8) is 0 Å². The summed E-state index contributed by atoms with van der Waals surface area (Å²) in [5, 5.41) is 39.9. The van der Waals surface area contributed by atoms with Crippen molar-refractivity contribution in [2.24, 2.45) is 0 Å². The molecule has 18 heavy (non-hydrogen) atoms. The maximum atomic E-state index is 10.7. The zero-order chi connectivity index (χ0) is 13.8. The summed E-state index contributed by atoms with van der Waals surface area (Å²) in [7, 11) is 0. The molecule has 0 saturated heterocycles. The summed E-state index contributed by atoms with van der Waals surface area (Å²) in [4.78, 5) is 0. The average molecular weight is 288 g/mol. The van der Waals surface area contributed by atoms with E-state index >= 15 is 0 Å². The normalized spacial score (nSPS) is 8.72. The van der Waals surface area contributed by atoms with Crippen molar-refractivity contribution in [2.75, 3.05) is 0 Å². The predicted octanol–water partition coefficient (Wildman–Crippen LogP) is -0.872. The second-order valence-corrected chi connectivity index (χ2v) is 3.85. The van der Waals surface area contributed by atoms with Gasteiger partial charge in [-0.2, -0.15) is 0 Å². The largest absolute Gasteiger partial charge is 4.00 e. The molecule has 0 N–H and O–H groups in total. The Morgan fingerprint density at radius 1 is 0.944 bits per heavy atom. The zero-order valence-corrected chi connectivity index (χ0v) is 12.9. The van der Waals surface area contributed by atoms with E-state index in [1.807, 2.05) is 0 Å². The third-order valence-electron chi connectivity index (χ3n) is 1.13. The van der Waals surface area contributed by atoms with Crippen LogP contribution in [0.1, 0.15) is 33.3 Å². The van der Waals surface area contributed by atoms with Crippen molar-refractivity contribution in [2.45, 2.75) is 46.5 Å². The first-order chi connectivity index (χ1) is 7.81. The van der Waals surface area contributed by atoms with E-state index in [0.29, 0.717) is 5.56 Å². The topological polar surface area (TPSA) is 92.2 Å². The van der Waals surface area contributed by atoms with E-state index in [0.717, 1.165) is 0 Å². The van der Waals surface area contributed by atoms with Gasteiger partial charge in [0, 0.05) is 0 Å². The molecule has 0 bridgehead atoms. The van der Waals surface area contributed by atoms with E-state index in [-0.39, 0.29) is 27.5 Å². The molecule has 0 aliphatic rings. The standard InChI is InChI=1S/C7H7O2.2C3H7O.Ti/c8-5-6-3-1-2-4-7(6)9;2*1-3(2)4;/h1-4,9H,5H2;2*3H,1-2H3;/q3*-1;+4/p-1. The minimum absolute atomic E-state index is 0. The molecule has 0 radical (unpaired) electrons. The van der Waals surface area contributed by atoms with Crippen molar-refractivity contribution in [3.05, 3.63) is 29.8 Å². The van der Waals surface area contributed by atoms with Crippen LogP contribution in [0.15, 0.2) is 24.3 Å². The summed E-state index contributed by atoms with van der Waals surface area (Å²) >= 11 is 0. The van der Waals surface area contributed by atoms with Crippen molar-refractivity contribution in [3.8, 4) is 5.75 Å². The minimum atomic E-state index is -0.417. The molecule has 4 nitrogen and oxygen atoms in total. The van der Waals surface area contributed by atoms with Gasteiger partial charge in [0.25, 0.3) is 0 Å². The van der Waals surface area contributed by atoms with Crippen LogP contribution in [-0.2, 0) is 28.3 Å². The average Bonchev–Trinajstić information content (AvgIpc) is 2.16. The van der Waals surface area contributed by atoms with E-state index < -0.39 is 18.8 Å². The van der Waals surface area contributed by atoms with Gasteiger partial charge in [-0.25, -0.2) is 0 Å². The molecule has 0 amide bonds. The minimum Gasteiger partial charge on any atom is -0.872 e. The zero-order valence-electron chi connectivity index (χ0n) is 11.3. The monoisotopic (exact) mass is 288 g/mol. The van der Waals surface area contributed by atoms with Crippen LogP contribution in [0.3, 0.4) is 0 Å². The van der Waals surface area contributed by atoms with Gasteiger partial charge < -0.3 is 20.4 Å². The van der Waals surface area contributed by atoms with E-state index in [2.05, 4.69) is 0 Å². The summed E-state index contributed by atoms with van der Waals surface area (Å²) in [6.45, 7) is 6.03. The van der Waals surface area contributed by atoms with Crippen LogP contribution in [-0.4, -0.2) is 12.2 Å². The van der Waals surface area contributed by atoms with E-state index in [9.17, 15) is 20.4 Å². The predicted molar refractivity (Wildman–Crippen MR) is 59.9 cm³/mol. The maximum absolute atomic E-state index is 10.7. The fraction of sp³-hybridized carbons (Fsp3) is 0.538. The van der Waals surface area contributed by atoms with Crippen LogP contribution in [0.2, 0.25) is 0 Å². The Balaban J connectivity index is -0.000000214. The van der Waals surface area contributed by atoms with Crippen LogP contribution in [0.25, 0.3) is 0 Å². The molecular formula is C13H20O4Ti. The Morgan fingerprint density at radius 2 is 1.28 bits per heavy atom. The molecule has 0 fully saturated rings. The van der Waals surface area contributed by atoms with Gasteiger partial charge in [-0.3, -0.25) is 0 Å². The molecule has 0 heterocycles. The summed E-state index contributed by atoms with van der Waals surface area (Å²) in [6.07, 6.45) is -0.833. The fourth-order valence-electron chi connectivity index (χ4n) is 0.623. The van der Waals surface area contributed by atoms with Crippen molar-refractivity contribution < 1.29 is 42.1 Å². The Labute approximate surface area is 124 Å². The first kappa shape index (κ1) is 22.8. The van der Waals surface area contributed by atoms with Gasteiger partial charge in [-0.1, -0.05) is 57.5 Å². The second-order valence-electron chi connectivity index (χ2n) is 3.85. The van der Waals surface area contributed by atoms with Crippen LogP contribution < -0.4 is 20.4 Å². The SMILES string of the molecule is CC(C)[O-].CC(C)[O-].[O-]Cc1ccccc1[O-].[Ti+4]. The molecular weight excluding hydrogens is 268 g/mol. The molecule has 0 saturated carbocycles. The first-order valence-corrected chi connectivity index (χ1v) is 5.45. The molecule has 0 unspecified atom stereocenters. The molecule has 0 atom stereocenters. The van der Waals surface area contributed by atoms with E-state index in [1.165, 1.54) is 6.07 Å². The molecule has 1 aromatic carbocycles. The van der Waals surface area contributed by atoms with Gasteiger partial charge in [-0.15, -0.1) is 24.6 Å². The van der Waals surface area contributed by atoms with Crippen LogP contribution >= 0.6 is 0 Å². The van der Waals surface area contributed by atoms with Gasteiger partial charge in [0.05, 0.1) is 0 Å². The molecule has 0 aromatic heterocycles. The van der Waals surface area contributed by atoms with Crippen LogP contribution in [0, 0.1) is 0 Å². The third-order valence-corrected chi connectivity index (χ3v) is 1.13. The number of hydrogen-bond acceptors (Lipinski definition) is 4. The molecule has 0 aliphatic heterocycles. The van der Waals surface area contributed by atoms with Crippen molar-refractivity contribution in [1.82, 2.24) is 0 Å². The number of para-hydroxylation sites is 1. The van der Waals surface area contributed by atoms with Gasteiger partial charge >= 0.3 is 21.7 Å². The van der Waals surface area contributed by atoms with Gasteiger partial charge in [-0.05, 0) is 0 Å². The quantitative estimate of drug-likeness (QED) is 0.628. The molecule has 1 aromatic rings.